The van der Waals surface area contributed by atoms with E-state index in [1.165, 1.54) is 17.0 Å². The number of ether oxygens (including phenoxy) is 1. The Hall–Kier alpha value is -3.07. The molecular weight excluding hydrogens is 586 g/mol. The number of aromatic nitrogens is 2. The van der Waals surface area contributed by atoms with Crippen molar-refractivity contribution in [3.8, 4) is 5.75 Å². The number of halogens is 3. The Kier molecular flexibility index (Phi) is 7.41. The molecule has 0 spiro atoms. The van der Waals surface area contributed by atoms with Crippen LogP contribution in [0, 0.1) is 6.92 Å². The maximum absolute atomic E-state index is 12.9. The molecule has 0 amide bonds. The number of benzene rings is 3. The van der Waals surface area contributed by atoms with Gasteiger partial charge in [0.1, 0.15) is 5.82 Å². The standard InChI is InChI=1S/C25H16Br2ClN3O3/c1-15-30-22-5-3-2-4-20(22)25(33)31(15)29-14-17-12-18(26)13-21(27)24(17)34-23(32)11-8-16-6-9-19(28)10-7-16/h2-14H,1H3/b11-8+,29-14?. The van der Waals surface area contributed by atoms with Crippen molar-refractivity contribution in [2.45, 2.75) is 6.92 Å². The van der Waals surface area contributed by atoms with Gasteiger partial charge in [0.2, 0.25) is 0 Å². The molecule has 34 heavy (non-hydrogen) atoms. The molecule has 0 radical (unpaired) electrons. The number of hydrogen-bond donors (Lipinski definition) is 0. The molecule has 9 heteroatoms. The van der Waals surface area contributed by atoms with Gasteiger partial charge in [-0.3, -0.25) is 4.79 Å². The summed E-state index contributed by atoms with van der Waals surface area (Å²) >= 11 is 12.7. The maximum atomic E-state index is 12.9. The van der Waals surface area contributed by atoms with Crippen LogP contribution in [0.15, 0.2) is 85.6 Å². The summed E-state index contributed by atoms with van der Waals surface area (Å²) in [7, 11) is 0. The first-order valence-corrected chi connectivity index (χ1v) is 12.0. The highest BCUT2D eigenvalue weighted by molar-refractivity contribution is 9.11. The average molecular weight is 602 g/mol. The molecule has 6 nitrogen and oxygen atoms in total. The molecule has 0 aliphatic carbocycles. The fraction of sp³-hybridized carbons (Fsp3) is 0.0400. The van der Waals surface area contributed by atoms with Gasteiger partial charge >= 0.3 is 5.97 Å². The van der Waals surface area contributed by atoms with E-state index in [1.54, 1.807) is 67.6 Å². The molecular formula is C25H16Br2ClN3O3. The smallest absolute Gasteiger partial charge is 0.336 e. The first-order valence-electron chi connectivity index (χ1n) is 9.99. The predicted molar refractivity (Wildman–Crippen MR) is 142 cm³/mol. The minimum atomic E-state index is -0.576. The fourth-order valence-electron chi connectivity index (χ4n) is 3.15. The second-order valence-electron chi connectivity index (χ2n) is 7.15. The van der Waals surface area contributed by atoms with Gasteiger partial charge in [-0.2, -0.15) is 9.78 Å². The SMILES string of the molecule is Cc1nc2ccccc2c(=O)n1N=Cc1cc(Br)cc(Br)c1OC(=O)/C=C/c1ccc(Cl)cc1. The predicted octanol–water partition coefficient (Wildman–Crippen LogP) is 6.38. The number of hydrogen-bond acceptors (Lipinski definition) is 5. The van der Waals surface area contributed by atoms with Gasteiger partial charge < -0.3 is 4.74 Å². The van der Waals surface area contributed by atoms with Crippen molar-refractivity contribution in [3.05, 3.63) is 108 Å². The zero-order valence-electron chi connectivity index (χ0n) is 17.7. The number of rotatable bonds is 5. The average Bonchev–Trinajstić information content (AvgIpc) is 2.80. The molecule has 0 saturated heterocycles. The Morgan fingerprint density at radius 3 is 2.62 bits per heavy atom. The molecule has 0 atom stereocenters. The molecule has 0 unspecified atom stereocenters. The number of fused-ring (bicyclic) bond motifs is 1. The van der Waals surface area contributed by atoms with E-state index < -0.39 is 5.97 Å². The molecule has 0 N–H and O–H groups in total. The number of nitrogens with zero attached hydrogens (tertiary/aromatic N) is 3. The monoisotopic (exact) mass is 599 g/mol. The summed E-state index contributed by atoms with van der Waals surface area (Å²) in [6, 6.07) is 17.6. The highest BCUT2D eigenvalue weighted by Gasteiger charge is 2.13. The van der Waals surface area contributed by atoms with Crippen LogP contribution in [-0.2, 0) is 4.79 Å². The highest BCUT2D eigenvalue weighted by Crippen LogP contribution is 2.32. The van der Waals surface area contributed by atoms with E-state index in [-0.39, 0.29) is 11.3 Å². The first-order chi connectivity index (χ1) is 16.3. The minimum Gasteiger partial charge on any atom is -0.421 e. The number of esters is 1. The molecule has 4 aromatic rings. The van der Waals surface area contributed by atoms with Gasteiger partial charge in [-0.25, -0.2) is 9.78 Å². The summed E-state index contributed by atoms with van der Waals surface area (Å²) in [6.07, 6.45) is 4.40. The number of carbonyl (C=O) groups excluding carboxylic acids is 1. The summed E-state index contributed by atoms with van der Waals surface area (Å²) in [5.41, 5.74) is 1.59. The summed E-state index contributed by atoms with van der Waals surface area (Å²) in [4.78, 5) is 29.8. The van der Waals surface area contributed by atoms with Crippen molar-refractivity contribution in [1.29, 1.82) is 0 Å². The van der Waals surface area contributed by atoms with Crippen molar-refractivity contribution in [2.75, 3.05) is 0 Å². The van der Waals surface area contributed by atoms with Crippen LogP contribution in [0.5, 0.6) is 5.75 Å². The van der Waals surface area contributed by atoms with Gasteiger partial charge in [-0.05, 0) is 70.9 Å². The van der Waals surface area contributed by atoms with Gasteiger partial charge in [0, 0.05) is 21.1 Å². The third-order valence-corrected chi connectivity index (χ3v) is 6.05. The lowest BCUT2D eigenvalue weighted by Gasteiger charge is -2.10. The molecule has 0 bridgehead atoms. The van der Waals surface area contributed by atoms with E-state index in [0.29, 0.717) is 31.8 Å². The quantitative estimate of drug-likeness (QED) is 0.115. The van der Waals surface area contributed by atoms with Crippen LogP contribution in [0.2, 0.25) is 5.02 Å². The van der Waals surface area contributed by atoms with Crippen LogP contribution in [0.3, 0.4) is 0 Å². The van der Waals surface area contributed by atoms with Crippen molar-refractivity contribution < 1.29 is 9.53 Å². The van der Waals surface area contributed by atoms with E-state index in [1.807, 2.05) is 6.07 Å². The molecule has 1 heterocycles. The van der Waals surface area contributed by atoms with E-state index >= 15 is 0 Å². The molecule has 0 aliphatic heterocycles. The molecule has 4 rings (SSSR count). The zero-order chi connectivity index (χ0) is 24.2. The second kappa shape index (κ2) is 10.5. The first kappa shape index (κ1) is 24.1. The third-order valence-electron chi connectivity index (χ3n) is 4.75. The van der Waals surface area contributed by atoms with Gasteiger partial charge in [0.05, 0.1) is 21.6 Å². The largest absolute Gasteiger partial charge is 0.421 e. The van der Waals surface area contributed by atoms with Crippen molar-refractivity contribution in [3.63, 3.8) is 0 Å². The minimum absolute atomic E-state index is 0.261. The highest BCUT2D eigenvalue weighted by atomic mass is 79.9. The summed E-state index contributed by atoms with van der Waals surface area (Å²) in [5, 5.41) is 5.40. The summed E-state index contributed by atoms with van der Waals surface area (Å²) < 4.78 is 8.07. The van der Waals surface area contributed by atoms with Crippen molar-refractivity contribution >= 4 is 72.6 Å². The number of para-hydroxylation sites is 1. The fourth-order valence-corrected chi connectivity index (χ4v) is 4.61. The van der Waals surface area contributed by atoms with Crippen molar-refractivity contribution in [1.82, 2.24) is 9.66 Å². The lowest BCUT2D eigenvalue weighted by Crippen LogP contribution is -2.20. The normalized spacial score (nSPS) is 11.5. The van der Waals surface area contributed by atoms with E-state index in [9.17, 15) is 9.59 Å². The molecule has 3 aromatic carbocycles. The van der Waals surface area contributed by atoms with Gasteiger partial charge in [0.15, 0.2) is 5.75 Å². The second-order valence-corrected chi connectivity index (χ2v) is 9.36. The van der Waals surface area contributed by atoms with Crippen LogP contribution < -0.4 is 10.3 Å². The third kappa shape index (κ3) is 5.52. The van der Waals surface area contributed by atoms with Crippen LogP contribution in [0.4, 0.5) is 0 Å². The molecule has 1 aromatic heterocycles. The Balaban J connectivity index is 1.65. The molecule has 0 aliphatic rings. The van der Waals surface area contributed by atoms with E-state index in [4.69, 9.17) is 16.3 Å². The summed E-state index contributed by atoms with van der Waals surface area (Å²) in [6.45, 7) is 1.70. The van der Waals surface area contributed by atoms with Crippen LogP contribution in [0.25, 0.3) is 17.0 Å². The Morgan fingerprint density at radius 1 is 1.12 bits per heavy atom. The molecule has 0 saturated carbocycles. The van der Waals surface area contributed by atoms with Crippen molar-refractivity contribution in [2.24, 2.45) is 5.10 Å². The zero-order valence-corrected chi connectivity index (χ0v) is 21.6. The summed E-state index contributed by atoms with van der Waals surface area (Å²) in [5.74, 6) is 0.115. The maximum Gasteiger partial charge on any atom is 0.336 e. The Bertz CT molecular complexity index is 1510. The van der Waals surface area contributed by atoms with Gasteiger partial charge in [0.25, 0.3) is 5.56 Å². The van der Waals surface area contributed by atoms with Crippen LogP contribution in [0.1, 0.15) is 17.0 Å². The van der Waals surface area contributed by atoms with E-state index in [2.05, 4.69) is 41.9 Å². The molecule has 170 valence electrons. The van der Waals surface area contributed by atoms with Gasteiger partial charge in [-0.1, -0.05) is 51.8 Å². The lowest BCUT2D eigenvalue weighted by molar-refractivity contribution is -0.128. The Labute approximate surface area is 216 Å². The van der Waals surface area contributed by atoms with E-state index in [0.717, 1.165) is 10.0 Å². The number of aryl methyl sites for hydroxylation is 1. The van der Waals surface area contributed by atoms with Crippen LogP contribution in [-0.4, -0.2) is 21.8 Å². The van der Waals surface area contributed by atoms with Crippen LogP contribution >= 0.6 is 43.5 Å². The molecule has 0 fully saturated rings. The lowest BCUT2D eigenvalue weighted by atomic mass is 10.2. The topological polar surface area (TPSA) is 73.6 Å². The number of carbonyl (C=O) groups is 1. The Morgan fingerprint density at radius 2 is 1.85 bits per heavy atom. The van der Waals surface area contributed by atoms with Gasteiger partial charge in [-0.15, -0.1) is 0 Å².